The zero-order valence-electron chi connectivity index (χ0n) is 14.4. The number of anilines is 1. The number of nitrogens with zero attached hydrogens (tertiary/aromatic N) is 4. The maximum Gasteiger partial charge on any atom is 0.198 e. The second-order valence-electron chi connectivity index (χ2n) is 6.66. The first-order valence-electron chi connectivity index (χ1n) is 8.77. The number of guanidine groups is 1. The Balaban J connectivity index is 1.65. The molecule has 2 aliphatic heterocycles. The molecule has 0 bridgehead atoms. The van der Waals surface area contributed by atoms with Gasteiger partial charge in [0.05, 0.1) is 6.04 Å². The molecule has 2 aliphatic rings. The smallest absolute Gasteiger partial charge is 0.198 e. The van der Waals surface area contributed by atoms with Crippen molar-refractivity contribution in [2.45, 2.75) is 19.4 Å². The van der Waals surface area contributed by atoms with Crippen LogP contribution in [0.25, 0.3) is 0 Å². The minimum atomic E-state index is 0.407. The van der Waals surface area contributed by atoms with Gasteiger partial charge in [0.15, 0.2) is 5.96 Å². The highest BCUT2D eigenvalue weighted by molar-refractivity contribution is 5.96. The van der Waals surface area contributed by atoms with Crippen molar-refractivity contribution < 1.29 is 0 Å². The van der Waals surface area contributed by atoms with Crippen molar-refractivity contribution in [2.75, 3.05) is 57.8 Å². The second-order valence-corrected chi connectivity index (χ2v) is 6.66. The molecule has 0 saturated carbocycles. The summed E-state index contributed by atoms with van der Waals surface area (Å²) in [4.78, 5) is 9.37. The molecule has 5 nitrogen and oxygen atoms in total. The highest BCUT2D eigenvalue weighted by Gasteiger charge is 2.34. The predicted octanol–water partition coefficient (Wildman–Crippen LogP) is 1.77. The van der Waals surface area contributed by atoms with E-state index >= 15 is 0 Å². The Kier molecular flexibility index (Phi) is 5.18. The molecule has 2 saturated heterocycles. The van der Waals surface area contributed by atoms with Gasteiger partial charge < -0.3 is 19.6 Å². The van der Waals surface area contributed by atoms with Crippen molar-refractivity contribution >= 4 is 11.6 Å². The van der Waals surface area contributed by atoms with Crippen molar-refractivity contribution in [3.05, 3.63) is 30.3 Å². The van der Waals surface area contributed by atoms with Gasteiger partial charge in [-0.1, -0.05) is 18.2 Å². The van der Waals surface area contributed by atoms with Crippen LogP contribution in [0.2, 0.25) is 0 Å². The molecular weight excluding hydrogens is 286 g/mol. The Morgan fingerprint density at radius 2 is 1.78 bits per heavy atom. The fraction of sp³-hybridized carbons (Fsp3) is 0.611. The van der Waals surface area contributed by atoms with E-state index in [4.69, 9.17) is 5.41 Å². The molecule has 5 heteroatoms. The van der Waals surface area contributed by atoms with Gasteiger partial charge in [-0.15, -0.1) is 0 Å². The summed E-state index contributed by atoms with van der Waals surface area (Å²) in [6.45, 7) is 9.83. The van der Waals surface area contributed by atoms with Crippen molar-refractivity contribution in [3.8, 4) is 0 Å². The van der Waals surface area contributed by atoms with E-state index in [9.17, 15) is 0 Å². The lowest BCUT2D eigenvalue weighted by atomic mass is 10.1. The molecule has 0 aromatic heterocycles. The van der Waals surface area contributed by atoms with Gasteiger partial charge in [0.25, 0.3) is 0 Å². The molecule has 2 heterocycles. The van der Waals surface area contributed by atoms with Crippen molar-refractivity contribution in [2.24, 2.45) is 0 Å². The summed E-state index contributed by atoms with van der Waals surface area (Å²) in [5.41, 5.74) is 1.15. The number of benzene rings is 1. The fourth-order valence-corrected chi connectivity index (χ4v) is 3.57. The molecule has 0 aliphatic carbocycles. The van der Waals surface area contributed by atoms with Gasteiger partial charge in [-0.3, -0.25) is 5.41 Å². The molecule has 1 unspecified atom stereocenters. The lowest BCUT2D eigenvalue weighted by Gasteiger charge is -2.33. The Hall–Kier alpha value is -1.59. The van der Waals surface area contributed by atoms with Gasteiger partial charge in [0.1, 0.15) is 0 Å². The van der Waals surface area contributed by atoms with E-state index < -0.39 is 0 Å². The third-order valence-electron chi connectivity index (χ3n) is 5.11. The van der Waals surface area contributed by atoms with Crippen LogP contribution in [-0.4, -0.2) is 79.6 Å². The van der Waals surface area contributed by atoms with Crippen LogP contribution < -0.4 is 4.90 Å². The van der Waals surface area contributed by atoms with Gasteiger partial charge in [-0.05, 0) is 32.5 Å². The maximum absolute atomic E-state index is 8.51. The van der Waals surface area contributed by atoms with Crippen LogP contribution >= 0.6 is 0 Å². The summed E-state index contributed by atoms with van der Waals surface area (Å²) >= 11 is 0. The monoisotopic (exact) mass is 315 g/mol. The SMILES string of the molecule is CCN1CC(CCN2CCN(C)CC2)N(c2ccccc2)C1=N. The Labute approximate surface area is 140 Å². The molecule has 126 valence electrons. The zero-order valence-corrected chi connectivity index (χ0v) is 14.4. The highest BCUT2D eigenvalue weighted by atomic mass is 15.4. The zero-order chi connectivity index (χ0) is 16.2. The van der Waals surface area contributed by atoms with Crippen LogP contribution in [0, 0.1) is 5.41 Å². The third kappa shape index (κ3) is 3.67. The van der Waals surface area contributed by atoms with Crippen molar-refractivity contribution in [1.82, 2.24) is 14.7 Å². The van der Waals surface area contributed by atoms with E-state index in [1.54, 1.807) is 0 Å². The van der Waals surface area contributed by atoms with Crippen LogP contribution in [0.1, 0.15) is 13.3 Å². The minimum absolute atomic E-state index is 0.407. The molecule has 23 heavy (non-hydrogen) atoms. The van der Waals surface area contributed by atoms with E-state index in [1.165, 1.54) is 26.2 Å². The number of para-hydroxylation sites is 1. The van der Waals surface area contributed by atoms with E-state index in [1.807, 2.05) is 6.07 Å². The van der Waals surface area contributed by atoms with E-state index in [0.29, 0.717) is 12.0 Å². The van der Waals surface area contributed by atoms with Crippen LogP contribution in [0.4, 0.5) is 5.69 Å². The highest BCUT2D eigenvalue weighted by Crippen LogP contribution is 2.26. The second kappa shape index (κ2) is 7.32. The number of piperazine rings is 1. The van der Waals surface area contributed by atoms with Crippen LogP contribution in [0.3, 0.4) is 0 Å². The molecular formula is C18H29N5. The molecule has 0 spiro atoms. The first-order valence-corrected chi connectivity index (χ1v) is 8.77. The quantitative estimate of drug-likeness (QED) is 0.898. The number of rotatable bonds is 5. The van der Waals surface area contributed by atoms with Crippen LogP contribution in [-0.2, 0) is 0 Å². The first-order chi connectivity index (χ1) is 11.2. The molecule has 1 atom stereocenters. The van der Waals surface area contributed by atoms with Gasteiger partial charge >= 0.3 is 0 Å². The summed E-state index contributed by atoms with van der Waals surface area (Å²) in [6.07, 6.45) is 1.12. The van der Waals surface area contributed by atoms with Crippen molar-refractivity contribution in [1.29, 1.82) is 5.41 Å². The predicted molar refractivity (Wildman–Crippen MR) is 96.2 cm³/mol. The topological polar surface area (TPSA) is 36.8 Å². The number of hydrogen-bond donors (Lipinski definition) is 1. The number of hydrogen-bond acceptors (Lipinski definition) is 3. The number of nitrogens with one attached hydrogen (secondary N) is 1. The molecule has 1 aromatic rings. The van der Waals surface area contributed by atoms with Gasteiger partial charge in [0.2, 0.25) is 0 Å². The Bertz CT molecular complexity index is 509. The van der Waals surface area contributed by atoms with Gasteiger partial charge in [-0.25, -0.2) is 0 Å². The largest absolute Gasteiger partial charge is 0.341 e. The lowest BCUT2D eigenvalue weighted by molar-refractivity contribution is 0.150. The summed E-state index contributed by atoms with van der Waals surface area (Å²) in [5, 5.41) is 8.51. The molecule has 3 rings (SSSR count). The third-order valence-corrected chi connectivity index (χ3v) is 5.11. The first kappa shape index (κ1) is 16.3. The number of likely N-dealkylation sites (N-methyl/N-ethyl adjacent to an activating group) is 2. The molecule has 1 aromatic carbocycles. The summed E-state index contributed by atoms with van der Waals surface area (Å²) in [5.74, 6) is 0.655. The average Bonchev–Trinajstić information content (AvgIpc) is 2.91. The molecule has 0 amide bonds. The van der Waals surface area contributed by atoms with Crippen LogP contribution in [0.15, 0.2) is 30.3 Å². The summed E-state index contributed by atoms with van der Waals surface area (Å²) < 4.78 is 0. The summed E-state index contributed by atoms with van der Waals surface area (Å²) in [6, 6.07) is 10.8. The van der Waals surface area contributed by atoms with E-state index in [2.05, 4.69) is 57.8 Å². The Morgan fingerprint density at radius 3 is 2.43 bits per heavy atom. The summed E-state index contributed by atoms with van der Waals surface area (Å²) in [7, 11) is 2.20. The maximum atomic E-state index is 8.51. The molecule has 1 N–H and O–H groups in total. The normalized spacial score (nSPS) is 23.7. The van der Waals surface area contributed by atoms with Gasteiger partial charge in [0, 0.05) is 51.5 Å². The van der Waals surface area contributed by atoms with E-state index in [0.717, 1.165) is 31.7 Å². The minimum Gasteiger partial charge on any atom is -0.341 e. The Morgan fingerprint density at radius 1 is 1.09 bits per heavy atom. The lowest BCUT2D eigenvalue weighted by Crippen LogP contribution is -2.46. The standard InChI is InChI=1S/C18H29N5/c1-3-22-15-17(9-10-21-13-11-20(2)12-14-21)23(18(22)19)16-7-5-4-6-8-16/h4-8,17,19H,3,9-15H2,1-2H3. The van der Waals surface area contributed by atoms with Crippen LogP contribution in [0.5, 0.6) is 0 Å². The fourth-order valence-electron chi connectivity index (χ4n) is 3.57. The average molecular weight is 315 g/mol. The molecule has 0 radical (unpaired) electrons. The van der Waals surface area contributed by atoms with Crippen molar-refractivity contribution in [3.63, 3.8) is 0 Å². The molecule has 2 fully saturated rings. The van der Waals surface area contributed by atoms with Gasteiger partial charge in [-0.2, -0.15) is 0 Å². The van der Waals surface area contributed by atoms with E-state index in [-0.39, 0.29) is 0 Å².